The molecule has 35 heavy (non-hydrogen) atoms. The number of fused-ring (bicyclic) bond motifs is 1. The minimum atomic E-state index is -0.955. The Morgan fingerprint density at radius 2 is 1.74 bits per heavy atom. The highest BCUT2D eigenvalue weighted by molar-refractivity contribution is 6.16. The molecule has 0 fully saturated rings. The average molecular weight is 473 g/mol. The predicted octanol–water partition coefficient (Wildman–Crippen LogP) is 5.13. The van der Waals surface area contributed by atoms with E-state index in [9.17, 15) is 14.7 Å². The lowest BCUT2D eigenvalue weighted by molar-refractivity contribution is -0.130. The van der Waals surface area contributed by atoms with Gasteiger partial charge in [0.15, 0.2) is 22.9 Å². The molecule has 0 saturated carbocycles. The number of rotatable bonds is 7. The zero-order valence-electron chi connectivity index (χ0n) is 19.4. The minimum absolute atomic E-state index is 0.0220. The van der Waals surface area contributed by atoms with Gasteiger partial charge in [-0.3, -0.25) is 9.59 Å². The molecule has 1 aliphatic heterocycles. The van der Waals surface area contributed by atoms with Gasteiger partial charge in [0, 0.05) is 10.9 Å². The molecule has 178 valence electrons. The molecule has 2 aromatic heterocycles. The largest absolute Gasteiger partial charge is 0.503 e. The van der Waals surface area contributed by atoms with Gasteiger partial charge in [-0.05, 0) is 37.3 Å². The lowest BCUT2D eigenvalue weighted by Crippen LogP contribution is -2.30. The highest BCUT2D eigenvalue weighted by Gasteiger charge is 2.46. The molecule has 0 bridgehead atoms. The standard InChI is InChI=1S/C27H23NO7/c1-15-11-12-19(34-15)23-22(24(29)21-13-16-8-6-10-20(33-3)26(16)35-21)25(30)27(31)28(23)14-17-7-4-5-9-18(17)32-2/h4-13,23,30H,14H2,1-3H3. The summed E-state index contributed by atoms with van der Waals surface area (Å²) < 4.78 is 22.4. The number of aliphatic hydroxyl groups is 1. The van der Waals surface area contributed by atoms with Gasteiger partial charge in [-0.15, -0.1) is 0 Å². The van der Waals surface area contributed by atoms with Crippen molar-refractivity contribution >= 4 is 22.7 Å². The quantitative estimate of drug-likeness (QED) is 0.371. The third kappa shape index (κ3) is 3.73. The summed E-state index contributed by atoms with van der Waals surface area (Å²) in [5.41, 5.74) is 1.00. The molecule has 1 unspecified atom stereocenters. The van der Waals surface area contributed by atoms with E-state index in [1.807, 2.05) is 18.2 Å². The van der Waals surface area contributed by atoms with E-state index in [0.717, 1.165) is 0 Å². The van der Waals surface area contributed by atoms with Crippen LogP contribution in [0.5, 0.6) is 11.5 Å². The van der Waals surface area contributed by atoms with Gasteiger partial charge in [0.05, 0.1) is 26.3 Å². The second kappa shape index (κ2) is 8.72. The van der Waals surface area contributed by atoms with Crippen LogP contribution in [0.25, 0.3) is 11.0 Å². The van der Waals surface area contributed by atoms with Gasteiger partial charge in [0.25, 0.3) is 5.91 Å². The summed E-state index contributed by atoms with van der Waals surface area (Å²) in [7, 11) is 3.05. The maximum Gasteiger partial charge on any atom is 0.290 e. The van der Waals surface area contributed by atoms with Crippen molar-refractivity contribution in [2.75, 3.05) is 14.2 Å². The fourth-order valence-electron chi connectivity index (χ4n) is 4.40. The summed E-state index contributed by atoms with van der Waals surface area (Å²) in [5, 5.41) is 11.6. The number of ketones is 1. The second-order valence-corrected chi connectivity index (χ2v) is 8.18. The lowest BCUT2D eigenvalue weighted by atomic mass is 9.99. The first-order valence-corrected chi connectivity index (χ1v) is 11.0. The number of hydrogen-bond donors (Lipinski definition) is 1. The Labute approximate surface area is 201 Å². The number of amides is 1. The van der Waals surface area contributed by atoms with Crippen molar-refractivity contribution in [3.63, 3.8) is 0 Å². The van der Waals surface area contributed by atoms with E-state index in [4.69, 9.17) is 18.3 Å². The van der Waals surface area contributed by atoms with Crippen molar-refractivity contribution in [3.05, 3.63) is 94.8 Å². The first-order valence-electron chi connectivity index (χ1n) is 11.0. The van der Waals surface area contributed by atoms with Crippen molar-refractivity contribution in [2.24, 2.45) is 0 Å². The van der Waals surface area contributed by atoms with Gasteiger partial charge in [0.2, 0.25) is 5.78 Å². The number of ether oxygens (including phenoxy) is 2. The Bertz CT molecular complexity index is 1480. The molecule has 1 atom stereocenters. The average Bonchev–Trinajstić information content (AvgIpc) is 3.56. The van der Waals surface area contributed by atoms with Crippen LogP contribution < -0.4 is 9.47 Å². The van der Waals surface area contributed by atoms with Crippen LogP contribution >= 0.6 is 0 Å². The summed E-state index contributed by atoms with van der Waals surface area (Å²) in [6, 6.07) is 16.6. The summed E-state index contributed by atoms with van der Waals surface area (Å²) >= 11 is 0. The molecule has 5 rings (SSSR count). The van der Waals surface area contributed by atoms with Crippen LogP contribution in [0.4, 0.5) is 0 Å². The number of benzene rings is 2. The van der Waals surface area contributed by atoms with Gasteiger partial charge in [0.1, 0.15) is 23.3 Å². The summed E-state index contributed by atoms with van der Waals surface area (Å²) in [6.45, 7) is 1.85. The van der Waals surface area contributed by atoms with E-state index in [1.54, 1.807) is 56.5 Å². The van der Waals surface area contributed by atoms with Crippen molar-refractivity contribution in [1.82, 2.24) is 4.90 Å². The fraction of sp³-hybridized carbons (Fsp3) is 0.185. The Morgan fingerprint density at radius 1 is 1.00 bits per heavy atom. The van der Waals surface area contributed by atoms with Gasteiger partial charge < -0.3 is 28.3 Å². The zero-order valence-corrected chi connectivity index (χ0v) is 19.4. The summed E-state index contributed by atoms with van der Waals surface area (Å²) in [5.74, 6) is 0.0464. The van der Waals surface area contributed by atoms with E-state index >= 15 is 0 Å². The highest BCUT2D eigenvalue weighted by atomic mass is 16.5. The topological polar surface area (TPSA) is 102 Å². The number of hydrogen-bond acceptors (Lipinski definition) is 7. The van der Waals surface area contributed by atoms with E-state index in [-0.39, 0.29) is 17.9 Å². The minimum Gasteiger partial charge on any atom is -0.503 e. The van der Waals surface area contributed by atoms with Crippen LogP contribution in [0.1, 0.15) is 33.7 Å². The Balaban J connectivity index is 1.60. The van der Waals surface area contributed by atoms with Crippen molar-refractivity contribution in [2.45, 2.75) is 19.5 Å². The molecule has 0 spiro atoms. The first-order chi connectivity index (χ1) is 16.9. The smallest absolute Gasteiger partial charge is 0.290 e. The molecule has 1 N–H and O–H groups in total. The third-order valence-corrected chi connectivity index (χ3v) is 6.06. The van der Waals surface area contributed by atoms with Crippen LogP contribution in [0, 0.1) is 6.92 Å². The van der Waals surface area contributed by atoms with Crippen molar-refractivity contribution in [3.8, 4) is 11.5 Å². The fourth-order valence-corrected chi connectivity index (χ4v) is 4.40. The number of aryl methyl sites for hydroxylation is 1. The highest BCUT2D eigenvalue weighted by Crippen LogP contribution is 2.42. The van der Waals surface area contributed by atoms with Crippen LogP contribution in [0.15, 0.2) is 80.8 Å². The van der Waals surface area contributed by atoms with E-state index in [2.05, 4.69) is 0 Å². The Kier molecular flexibility index (Phi) is 5.56. The molecule has 1 aliphatic rings. The molecule has 0 saturated heterocycles. The van der Waals surface area contributed by atoms with Crippen molar-refractivity contribution in [1.29, 1.82) is 0 Å². The second-order valence-electron chi connectivity index (χ2n) is 8.18. The molecule has 0 radical (unpaired) electrons. The van der Waals surface area contributed by atoms with E-state index in [0.29, 0.717) is 39.6 Å². The van der Waals surface area contributed by atoms with E-state index < -0.39 is 23.5 Å². The molecule has 4 aromatic rings. The van der Waals surface area contributed by atoms with Gasteiger partial charge in [-0.25, -0.2) is 0 Å². The third-order valence-electron chi connectivity index (χ3n) is 6.06. The molecule has 8 heteroatoms. The van der Waals surface area contributed by atoms with Crippen molar-refractivity contribution < 1.29 is 33.0 Å². The lowest BCUT2D eigenvalue weighted by Gasteiger charge is -2.25. The summed E-state index contributed by atoms with van der Waals surface area (Å²) in [6.07, 6.45) is 0. The molecular formula is C27H23NO7. The molecule has 0 aliphatic carbocycles. The van der Waals surface area contributed by atoms with Crippen LogP contribution in [0.3, 0.4) is 0 Å². The van der Waals surface area contributed by atoms with Gasteiger partial charge in [-0.2, -0.15) is 0 Å². The number of carbonyl (C=O) groups is 2. The number of Topliss-reactive ketones (excluding diaryl/α,β-unsaturated/α-hetero) is 1. The Morgan fingerprint density at radius 3 is 2.46 bits per heavy atom. The zero-order chi connectivity index (χ0) is 24.7. The first kappa shape index (κ1) is 22.3. The number of aliphatic hydroxyl groups excluding tert-OH is 1. The number of carbonyl (C=O) groups excluding carboxylic acids is 2. The maximum absolute atomic E-state index is 13.7. The van der Waals surface area contributed by atoms with Gasteiger partial charge >= 0.3 is 0 Å². The van der Waals surface area contributed by atoms with Gasteiger partial charge in [-0.1, -0.05) is 30.3 Å². The predicted molar refractivity (Wildman–Crippen MR) is 126 cm³/mol. The molecule has 8 nitrogen and oxygen atoms in total. The summed E-state index contributed by atoms with van der Waals surface area (Å²) in [4.78, 5) is 28.3. The molecule has 1 amide bonds. The Hall–Kier alpha value is -4.46. The van der Waals surface area contributed by atoms with E-state index in [1.165, 1.54) is 12.0 Å². The monoisotopic (exact) mass is 473 g/mol. The maximum atomic E-state index is 13.7. The van der Waals surface area contributed by atoms with Crippen LogP contribution in [-0.4, -0.2) is 35.9 Å². The number of methoxy groups -OCH3 is 2. The molecular weight excluding hydrogens is 450 g/mol. The normalized spacial score (nSPS) is 15.8. The van der Waals surface area contributed by atoms with Crippen LogP contribution in [-0.2, 0) is 11.3 Å². The SMILES string of the molecule is COc1ccccc1CN1C(=O)C(O)=C(C(=O)c2cc3cccc(OC)c3o2)C1c1ccc(C)o1. The number of nitrogens with zero attached hydrogens (tertiary/aromatic N) is 1. The van der Waals surface area contributed by atoms with Crippen LogP contribution in [0.2, 0.25) is 0 Å². The molecule has 3 heterocycles. The number of furan rings is 2. The molecule has 2 aromatic carbocycles. The number of para-hydroxylation sites is 2.